The monoisotopic (exact) mass is 401 g/mol. The number of hydrogen-bond donors (Lipinski definition) is 2. The number of aryl methyl sites for hydroxylation is 1. The fraction of sp³-hybridized carbons (Fsp3) is 0.167. The lowest BCUT2D eigenvalue weighted by molar-refractivity contribution is -0.385. The van der Waals surface area contributed by atoms with Gasteiger partial charge in [0.15, 0.2) is 5.69 Å². The fourth-order valence-electron chi connectivity index (χ4n) is 2.49. The van der Waals surface area contributed by atoms with Gasteiger partial charge >= 0.3 is 0 Å². The molecule has 2 aromatic heterocycles. The first kappa shape index (κ1) is 19.3. The molecule has 0 aliphatic rings. The van der Waals surface area contributed by atoms with E-state index in [-0.39, 0.29) is 28.0 Å². The van der Waals surface area contributed by atoms with Crippen LogP contribution in [-0.4, -0.2) is 20.8 Å². The molecule has 0 saturated carbocycles. The predicted molar refractivity (Wildman–Crippen MR) is 104 cm³/mol. The van der Waals surface area contributed by atoms with Crippen LogP contribution in [0.2, 0.25) is 5.02 Å². The molecule has 3 aromatic rings. The van der Waals surface area contributed by atoms with E-state index in [2.05, 4.69) is 20.6 Å². The third kappa shape index (κ3) is 4.44. The number of hydrogen-bond acceptors (Lipinski definition) is 7. The van der Waals surface area contributed by atoms with Gasteiger partial charge in [0.05, 0.1) is 29.0 Å². The van der Waals surface area contributed by atoms with E-state index in [0.717, 1.165) is 0 Å². The summed E-state index contributed by atoms with van der Waals surface area (Å²) in [4.78, 5) is 31.4. The lowest BCUT2D eigenvalue weighted by Crippen LogP contribution is -2.16. The molecule has 0 atom stereocenters. The van der Waals surface area contributed by atoms with Crippen molar-refractivity contribution in [2.75, 3.05) is 10.6 Å². The number of aromatic nitrogens is 2. The highest BCUT2D eigenvalue weighted by atomic mass is 35.5. The van der Waals surface area contributed by atoms with Crippen molar-refractivity contribution in [2.24, 2.45) is 0 Å². The van der Waals surface area contributed by atoms with E-state index in [9.17, 15) is 14.9 Å². The molecular weight excluding hydrogens is 386 g/mol. The van der Waals surface area contributed by atoms with E-state index < -0.39 is 10.8 Å². The summed E-state index contributed by atoms with van der Waals surface area (Å²) in [6.45, 7) is 2.15. The predicted octanol–water partition coefficient (Wildman–Crippen LogP) is 4.06. The van der Waals surface area contributed by atoms with Gasteiger partial charge in [-0.3, -0.25) is 14.9 Å². The molecule has 0 spiro atoms. The summed E-state index contributed by atoms with van der Waals surface area (Å²) in [7, 11) is 0. The minimum absolute atomic E-state index is 0.0548. The zero-order valence-corrected chi connectivity index (χ0v) is 15.6. The number of carbonyl (C=O) groups is 1. The van der Waals surface area contributed by atoms with Gasteiger partial charge < -0.3 is 15.1 Å². The average Bonchev–Trinajstić information content (AvgIpc) is 3.20. The molecule has 10 heteroatoms. The van der Waals surface area contributed by atoms with Crippen LogP contribution in [0.1, 0.15) is 28.7 Å². The molecule has 1 amide bonds. The second kappa shape index (κ2) is 8.49. The molecule has 9 nitrogen and oxygen atoms in total. The van der Waals surface area contributed by atoms with Gasteiger partial charge in [0, 0.05) is 17.3 Å². The van der Waals surface area contributed by atoms with Gasteiger partial charge in [-0.05, 0) is 24.6 Å². The summed E-state index contributed by atoms with van der Waals surface area (Å²) >= 11 is 6.05. The number of nitro benzene ring substituents is 1. The molecule has 0 bridgehead atoms. The number of furan rings is 1. The third-order valence-corrected chi connectivity index (χ3v) is 4.16. The summed E-state index contributed by atoms with van der Waals surface area (Å²) < 4.78 is 5.21. The number of nitro groups is 1. The number of nitrogens with one attached hydrogen (secondary N) is 2. The third-order valence-electron chi connectivity index (χ3n) is 3.88. The van der Waals surface area contributed by atoms with Crippen molar-refractivity contribution in [1.29, 1.82) is 0 Å². The highest BCUT2D eigenvalue weighted by molar-refractivity contribution is 6.34. The minimum atomic E-state index is -0.605. The van der Waals surface area contributed by atoms with Crippen molar-refractivity contribution in [1.82, 2.24) is 9.97 Å². The van der Waals surface area contributed by atoms with Gasteiger partial charge in [-0.2, -0.15) is 0 Å². The van der Waals surface area contributed by atoms with Crippen LogP contribution in [0.15, 0.2) is 47.2 Å². The van der Waals surface area contributed by atoms with Crippen LogP contribution in [0, 0.1) is 10.1 Å². The fourth-order valence-corrected chi connectivity index (χ4v) is 2.67. The minimum Gasteiger partial charge on any atom is -0.467 e. The number of benzene rings is 1. The molecule has 3 rings (SSSR count). The summed E-state index contributed by atoms with van der Waals surface area (Å²) in [6, 6.07) is 8.04. The Morgan fingerprint density at radius 1 is 1.36 bits per heavy atom. The van der Waals surface area contributed by atoms with Crippen LogP contribution in [0.25, 0.3) is 0 Å². The Hall–Kier alpha value is -3.46. The molecule has 0 saturated heterocycles. The van der Waals surface area contributed by atoms with Crippen LogP contribution in [0.5, 0.6) is 0 Å². The van der Waals surface area contributed by atoms with E-state index in [1.54, 1.807) is 30.5 Å². The number of carbonyl (C=O) groups excluding carboxylic acids is 1. The van der Waals surface area contributed by atoms with Crippen molar-refractivity contribution < 1.29 is 14.1 Å². The van der Waals surface area contributed by atoms with Gasteiger partial charge in [0.1, 0.15) is 5.76 Å². The van der Waals surface area contributed by atoms with Gasteiger partial charge in [0.2, 0.25) is 5.95 Å². The van der Waals surface area contributed by atoms with Gasteiger partial charge in [-0.25, -0.2) is 9.97 Å². The number of halogens is 1. The van der Waals surface area contributed by atoms with Crippen molar-refractivity contribution >= 4 is 34.8 Å². The van der Waals surface area contributed by atoms with E-state index >= 15 is 0 Å². The van der Waals surface area contributed by atoms with Crippen LogP contribution in [0.3, 0.4) is 0 Å². The van der Waals surface area contributed by atoms with Gasteiger partial charge in [-0.1, -0.05) is 24.6 Å². The number of amides is 1. The van der Waals surface area contributed by atoms with Crippen molar-refractivity contribution in [3.05, 3.63) is 74.9 Å². The molecule has 2 N–H and O–H groups in total. The Morgan fingerprint density at radius 2 is 2.18 bits per heavy atom. The molecule has 28 heavy (non-hydrogen) atoms. The summed E-state index contributed by atoms with van der Waals surface area (Å²) in [5.41, 5.74) is 0.733. The summed E-state index contributed by atoms with van der Waals surface area (Å²) in [6.07, 6.45) is 3.35. The molecule has 1 aromatic carbocycles. The summed E-state index contributed by atoms with van der Waals surface area (Å²) in [5.74, 6) is 0.262. The van der Waals surface area contributed by atoms with Crippen molar-refractivity contribution in [3.63, 3.8) is 0 Å². The lowest BCUT2D eigenvalue weighted by atomic mass is 10.1. The molecule has 0 unspecified atom stereocenters. The second-order valence-corrected chi connectivity index (χ2v) is 6.14. The largest absolute Gasteiger partial charge is 0.467 e. The Labute approximate surface area is 164 Å². The molecule has 0 fully saturated rings. The van der Waals surface area contributed by atoms with Crippen molar-refractivity contribution in [2.45, 2.75) is 19.9 Å². The highest BCUT2D eigenvalue weighted by Crippen LogP contribution is 2.24. The van der Waals surface area contributed by atoms with Gasteiger partial charge in [-0.15, -0.1) is 0 Å². The zero-order chi connectivity index (χ0) is 20.1. The maximum absolute atomic E-state index is 12.6. The first-order valence-electron chi connectivity index (χ1n) is 8.35. The molecule has 144 valence electrons. The van der Waals surface area contributed by atoms with E-state index in [1.807, 2.05) is 6.92 Å². The number of anilines is 2. The maximum atomic E-state index is 12.6. The Kier molecular flexibility index (Phi) is 5.85. The molecule has 0 aliphatic heterocycles. The number of nitrogens with zero attached hydrogens (tertiary/aromatic N) is 3. The Morgan fingerprint density at radius 3 is 2.86 bits per heavy atom. The first-order chi connectivity index (χ1) is 13.5. The molecule has 0 aliphatic carbocycles. The molecular formula is C18H16ClN5O4. The standard InChI is InChI=1S/C18H16ClN5O4/c1-2-11-5-6-12(8-15(11)24(26)27)22-17(25)16-14(19)10-21-18(23-16)20-9-13-4-3-7-28-13/h3-8,10H,2,9H2,1H3,(H,22,25)(H,20,21,23). The van der Waals surface area contributed by atoms with Crippen molar-refractivity contribution in [3.8, 4) is 0 Å². The van der Waals surface area contributed by atoms with E-state index in [1.165, 1.54) is 12.3 Å². The van der Waals surface area contributed by atoms with Crippen LogP contribution >= 0.6 is 11.6 Å². The van der Waals surface area contributed by atoms with Crippen LogP contribution in [-0.2, 0) is 13.0 Å². The lowest BCUT2D eigenvalue weighted by Gasteiger charge is -2.09. The summed E-state index contributed by atoms with van der Waals surface area (Å²) in [5, 5.41) is 16.8. The SMILES string of the molecule is CCc1ccc(NC(=O)c2nc(NCc3ccco3)ncc2Cl)cc1[N+](=O)[O-]. The molecule has 0 radical (unpaired) electrons. The first-order valence-corrected chi connectivity index (χ1v) is 8.73. The van der Waals surface area contributed by atoms with E-state index in [4.69, 9.17) is 16.0 Å². The van der Waals surface area contributed by atoms with Crippen LogP contribution < -0.4 is 10.6 Å². The van der Waals surface area contributed by atoms with E-state index in [0.29, 0.717) is 24.3 Å². The topological polar surface area (TPSA) is 123 Å². The second-order valence-electron chi connectivity index (χ2n) is 5.73. The maximum Gasteiger partial charge on any atom is 0.276 e. The Balaban J connectivity index is 1.77. The van der Waals surface area contributed by atoms with Gasteiger partial charge in [0.25, 0.3) is 11.6 Å². The Bertz CT molecular complexity index is 1010. The van der Waals surface area contributed by atoms with Crippen LogP contribution in [0.4, 0.5) is 17.3 Å². The highest BCUT2D eigenvalue weighted by Gasteiger charge is 2.18. The average molecular weight is 402 g/mol. The quantitative estimate of drug-likeness (QED) is 0.452. The molecule has 2 heterocycles. The number of rotatable bonds is 7. The normalized spacial score (nSPS) is 10.5. The smallest absolute Gasteiger partial charge is 0.276 e. The zero-order valence-electron chi connectivity index (χ0n) is 14.8.